The van der Waals surface area contributed by atoms with Crippen LogP contribution in [-0.4, -0.2) is 64.6 Å². The Labute approximate surface area is 113 Å². The number of thioether (sulfide) groups is 1. The van der Waals surface area contributed by atoms with E-state index in [1.165, 1.54) is 16.7 Å². The second-order valence-electron chi connectivity index (χ2n) is 4.91. The summed E-state index contributed by atoms with van der Waals surface area (Å²) in [5.41, 5.74) is 0. The molecule has 0 bridgehead atoms. The van der Waals surface area contributed by atoms with Crippen molar-refractivity contribution in [3.8, 4) is 0 Å². The molecular formula is C11H14F2N2O3S. The van der Waals surface area contributed by atoms with Gasteiger partial charge in [0.2, 0.25) is 5.91 Å². The number of ether oxygens (including phenoxy) is 1. The zero-order valence-corrected chi connectivity index (χ0v) is 11.0. The summed E-state index contributed by atoms with van der Waals surface area (Å²) in [7, 11) is 0. The lowest BCUT2D eigenvalue weighted by Crippen LogP contribution is -2.62. The maximum Gasteiger partial charge on any atom is 0.345 e. The van der Waals surface area contributed by atoms with Gasteiger partial charge in [-0.25, -0.2) is 0 Å². The van der Waals surface area contributed by atoms with Gasteiger partial charge in [-0.2, -0.15) is 8.78 Å². The monoisotopic (exact) mass is 292 g/mol. The molecule has 2 amide bonds. The molecule has 1 unspecified atom stereocenters. The Morgan fingerprint density at radius 1 is 1.47 bits per heavy atom. The molecule has 0 aromatic rings. The van der Waals surface area contributed by atoms with Crippen LogP contribution in [-0.2, 0) is 14.3 Å². The SMILES string of the molecule is O=C1CCC2(C(=O)N3CC(OC(F)F)C3)SCCN12. The number of hydrogen-bond donors (Lipinski definition) is 0. The molecule has 0 aliphatic carbocycles. The average Bonchev–Trinajstić information content (AvgIpc) is 2.85. The number of nitrogens with zero attached hydrogens (tertiary/aromatic N) is 2. The zero-order valence-electron chi connectivity index (χ0n) is 10.2. The highest BCUT2D eigenvalue weighted by Crippen LogP contribution is 2.46. The molecule has 0 aromatic heterocycles. The van der Waals surface area contributed by atoms with Crippen LogP contribution in [0.2, 0.25) is 0 Å². The second-order valence-corrected chi connectivity index (χ2v) is 6.28. The Balaban J connectivity index is 1.64. The molecule has 0 radical (unpaired) electrons. The Hall–Kier alpha value is -0.890. The summed E-state index contributed by atoms with van der Waals surface area (Å²) in [5, 5.41) is 0. The molecule has 5 nitrogen and oxygen atoms in total. The van der Waals surface area contributed by atoms with Crippen LogP contribution in [0.4, 0.5) is 8.78 Å². The summed E-state index contributed by atoms with van der Waals surface area (Å²) in [6, 6.07) is 0. The molecule has 3 saturated heterocycles. The number of carbonyl (C=O) groups is 2. The van der Waals surface area contributed by atoms with E-state index in [0.29, 0.717) is 19.4 Å². The third-order valence-electron chi connectivity index (χ3n) is 3.84. The molecule has 1 atom stereocenters. The summed E-state index contributed by atoms with van der Waals surface area (Å²) >= 11 is 1.49. The van der Waals surface area contributed by atoms with Crippen molar-refractivity contribution in [2.75, 3.05) is 25.4 Å². The van der Waals surface area contributed by atoms with Gasteiger partial charge >= 0.3 is 6.61 Å². The number of fused-ring (bicyclic) bond motifs is 1. The van der Waals surface area contributed by atoms with Crippen molar-refractivity contribution < 1.29 is 23.1 Å². The first-order valence-electron chi connectivity index (χ1n) is 6.20. The number of likely N-dealkylation sites (tertiary alicyclic amines) is 1. The first kappa shape index (κ1) is 13.1. The van der Waals surface area contributed by atoms with Crippen LogP contribution in [0, 0.1) is 0 Å². The van der Waals surface area contributed by atoms with Crippen LogP contribution in [0.15, 0.2) is 0 Å². The minimum atomic E-state index is -2.80. The van der Waals surface area contributed by atoms with Crippen molar-refractivity contribution in [3.05, 3.63) is 0 Å². The highest BCUT2D eigenvalue weighted by molar-refractivity contribution is 8.01. The molecule has 0 saturated carbocycles. The maximum atomic E-state index is 12.5. The van der Waals surface area contributed by atoms with Crippen molar-refractivity contribution >= 4 is 23.6 Å². The van der Waals surface area contributed by atoms with E-state index >= 15 is 0 Å². The largest absolute Gasteiger partial charge is 0.345 e. The molecule has 8 heteroatoms. The van der Waals surface area contributed by atoms with Crippen LogP contribution in [0.3, 0.4) is 0 Å². The van der Waals surface area contributed by atoms with Gasteiger partial charge < -0.3 is 14.5 Å². The first-order chi connectivity index (χ1) is 9.03. The van der Waals surface area contributed by atoms with E-state index in [-0.39, 0.29) is 24.9 Å². The van der Waals surface area contributed by atoms with Gasteiger partial charge in [0, 0.05) is 31.8 Å². The molecule has 19 heavy (non-hydrogen) atoms. The molecule has 106 valence electrons. The average molecular weight is 292 g/mol. The van der Waals surface area contributed by atoms with Crippen molar-refractivity contribution in [1.29, 1.82) is 0 Å². The van der Waals surface area contributed by atoms with Crippen LogP contribution in [0.5, 0.6) is 0 Å². The summed E-state index contributed by atoms with van der Waals surface area (Å²) in [6.07, 6.45) is 0.327. The van der Waals surface area contributed by atoms with Crippen LogP contribution in [0.25, 0.3) is 0 Å². The Bertz CT molecular complexity index is 417. The van der Waals surface area contributed by atoms with Gasteiger partial charge in [-0.15, -0.1) is 11.8 Å². The standard InChI is InChI=1S/C11H14F2N2O3S/c12-10(13)18-7-5-14(6-7)9(17)11-2-1-8(16)15(11)3-4-19-11/h7,10H,1-6H2. The van der Waals surface area contributed by atoms with E-state index < -0.39 is 17.6 Å². The lowest BCUT2D eigenvalue weighted by atomic mass is 10.1. The summed E-state index contributed by atoms with van der Waals surface area (Å²) in [4.78, 5) is 26.6. The maximum absolute atomic E-state index is 12.5. The van der Waals surface area contributed by atoms with Crippen molar-refractivity contribution in [2.24, 2.45) is 0 Å². The summed E-state index contributed by atoms with van der Waals surface area (Å²) in [6.45, 7) is -1.83. The molecule has 3 heterocycles. The lowest BCUT2D eigenvalue weighted by Gasteiger charge is -2.43. The number of hydrogen-bond acceptors (Lipinski definition) is 4. The van der Waals surface area contributed by atoms with Gasteiger partial charge in [0.05, 0.1) is 6.10 Å². The number of halogens is 2. The molecule has 0 N–H and O–H groups in total. The quantitative estimate of drug-likeness (QED) is 0.760. The fraction of sp³-hybridized carbons (Fsp3) is 0.818. The molecule has 3 aliphatic heterocycles. The van der Waals surface area contributed by atoms with E-state index in [9.17, 15) is 18.4 Å². The first-order valence-corrected chi connectivity index (χ1v) is 7.19. The molecule has 3 rings (SSSR count). The lowest BCUT2D eigenvalue weighted by molar-refractivity contribution is -0.200. The smallest absolute Gasteiger partial charge is 0.335 e. The number of rotatable bonds is 3. The number of carbonyl (C=O) groups excluding carboxylic acids is 2. The Morgan fingerprint density at radius 3 is 2.89 bits per heavy atom. The Morgan fingerprint density at radius 2 is 2.21 bits per heavy atom. The van der Waals surface area contributed by atoms with Gasteiger partial charge in [-0.3, -0.25) is 9.59 Å². The van der Waals surface area contributed by atoms with Gasteiger partial charge in [0.15, 0.2) is 4.87 Å². The molecule has 3 aliphatic rings. The number of amides is 2. The third-order valence-corrected chi connectivity index (χ3v) is 5.30. The highest BCUT2D eigenvalue weighted by Gasteiger charge is 2.57. The third kappa shape index (κ3) is 2.01. The molecule has 3 fully saturated rings. The predicted molar refractivity (Wildman–Crippen MR) is 63.6 cm³/mol. The van der Waals surface area contributed by atoms with E-state index in [1.54, 1.807) is 4.90 Å². The van der Waals surface area contributed by atoms with E-state index in [4.69, 9.17) is 0 Å². The fourth-order valence-electron chi connectivity index (χ4n) is 2.88. The van der Waals surface area contributed by atoms with Crippen molar-refractivity contribution in [3.63, 3.8) is 0 Å². The van der Waals surface area contributed by atoms with Crippen molar-refractivity contribution in [2.45, 2.75) is 30.4 Å². The zero-order chi connectivity index (χ0) is 13.6. The van der Waals surface area contributed by atoms with Gasteiger partial charge in [0.25, 0.3) is 5.91 Å². The molecule has 0 spiro atoms. The van der Waals surface area contributed by atoms with Crippen molar-refractivity contribution in [1.82, 2.24) is 9.80 Å². The fourth-order valence-corrected chi connectivity index (χ4v) is 4.34. The van der Waals surface area contributed by atoms with E-state index in [0.717, 1.165) is 5.75 Å². The summed E-state index contributed by atoms with van der Waals surface area (Å²) < 4.78 is 28.4. The minimum Gasteiger partial charge on any atom is -0.335 e. The Kier molecular flexibility index (Phi) is 3.17. The number of alkyl halides is 2. The van der Waals surface area contributed by atoms with Gasteiger partial charge in [-0.1, -0.05) is 0 Å². The second kappa shape index (κ2) is 4.59. The van der Waals surface area contributed by atoms with Crippen LogP contribution >= 0.6 is 11.8 Å². The van der Waals surface area contributed by atoms with Gasteiger partial charge in [-0.05, 0) is 6.42 Å². The summed E-state index contributed by atoms with van der Waals surface area (Å²) in [5.74, 6) is 0.636. The normalized spacial score (nSPS) is 31.0. The van der Waals surface area contributed by atoms with Crippen LogP contribution in [0.1, 0.15) is 12.8 Å². The molecular weight excluding hydrogens is 278 g/mol. The van der Waals surface area contributed by atoms with Crippen LogP contribution < -0.4 is 0 Å². The van der Waals surface area contributed by atoms with E-state index in [2.05, 4.69) is 4.74 Å². The minimum absolute atomic E-state index is 0.0132. The molecule has 0 aromatic carbocycles. The van der Waals surface area contributed by atoms with Gasteiger partial charge in [0.1, 0.15) is 0 Å². The van der Waals surface area contributed by atoms with E-state index in [1.807, 2.05) is 0 Å². The highest BCUT2D eigenvalue weighted by atomic mass is 32.2. The predicted octanol–water partition coefficient (Wildman–Crippen LogP) is 0.502. The topological polar surface area (TPSA) is 49.9 Å².